The van der Waals surface area contributed by atoms with Crippen molar-refractivity contribution in [1.29, 1.82) is 0 Å². The van der Waals surface area contributed by atoms with Crippen molar-refractivity contribution in [1.82, 2.24) is 10.2 Å². The number of urea groups is 1. The second kappa shape index (κ2) is 7.33. The van der Waals surface area contributed by atoms with Crippen molar-refractivity contribution in [2.45, 2.75) is 53.1 Å². The Hall–Kier alpha value is -1.30. The standard InChI is InChI=1S/C13H26N2O4/c1-9(2)15(6-7-16)12(19)14-10(8-11(17)18)13(3,4)5/h9-10,16H,6-8H2,1-5H3,(H,14,19)(H,17,18). The number of carbonyl (C=O) groups excluding carboxylic acids is 1. The molecule has 0 rings (SSSR count). The molecule has 3 N–H and O–H groups in total. The van der Waals surface area contributed by atoms with Crippen LogP contribution in [0.2, 0.25) is 0 Å². The topological polar surface area (TPSA) is 89.9 Å². The van der Waals surface area contributed by atoms with Crippen LogP contribution in [-0.2, 0) is 4.79 Å². The minimum atomic E-state index is -0.946. The molecule has 0 aromatic heterocycles. The number of hydrogen-bond donors (Lipinski definition) is 3. The van der Waals surface area contributed by atoms with Crippen LogP contribution in [0.1, 0.15) is 41.0 Å². The molecule has 2 amide bonds. The highest BCUT2D eigenvalue weighted by atomic mass is 16.4. The fraction of sp³-hybridized carbons (Fsp3) is 0.846. The molecule has 1 atom stereocenters. The number of carbonyl (C=O) groups is 2. The van der Waals surface area contributed by atoms with Crippen molar-refractivity contribution >= 4 is 12.0 Å². The molecule has 6 heteroatoms. The maximum Gasteiger partial charge on any atom is 0.317 e. The lowest BCUT2D eigenvalue weighted by atomic mass is 9.85. The maximum absolute atomic E-state index is 12.1. The molecule has 0 saturated carbocycles. The summed E-state index contributed by atoms with van der Waals surface area (Å²) in [5.41, 5.74) is -0.351. The van der Waals surface area contributed by atoms with Gasteiger partial charge in [0.15, 0.2) is 0 Å². The summed E-state index contributed by atoms with van der Waals surface area (Å²) < 4.78 is 0. The molecule has 0 fully saturated rings. The Morgan fingerprint density at radius 3 is 2.11 bits per heavy atom. The first kappa shape index (κ1) is 17.7. The number of aliphatic carboxylic acids is 1. The maximum atomic E-state index is 12.1. The number of nitrogens with zero attached hydrogens (tertiary/aromatic N) is 1. The zero-order valence-electron chi connectivity index (χ0n) is 12.4. The van der Waals surface area contributed by atoms with Crippen LogP contribution in [0, 0.1) is 5.41 Å². The third-order valence-corrected chi connectivity index (χ3v) is 2.95. The Bertz CT molecular complexity index is 310. The van der Waals surface area contributed by atoms with Crippen molar-refractivity contribution in [2.75, 3.05) is 13.2 Å². The lowest BCUT2D eigenvalue weighted by Gasteiger charge is -2.34. The van der Waals surface area contributed by atoms with E-state index in [4.69, 9.17) is 10.2 Å². The fourth-order valence-corrected chi connectivity index (χ4v) is 1.68. The number of amides is 2. The van der Waals surface area contributed by atoms with Gasteiger partial charge in [-0.15, -0.1) is 0 Å². The average molecular weight is 274 g/mol. The summed E-state index contributed by atoms with van der Waals surface area (Å²) in [5, 5.41) is 20.6. The number of rotatable bonds is 6. The van der Waals surface area contributed by atoms with E-state index in [-0.39, 0.29) is 37.1 Å². The van der Waals surface area contributed by atoms with Gasteiger partial charge in [-0.3, -0.25) is 4.79 Å². The fourth-order valence-electron chi connectivity index (χ4n) is 1.68. The summed E-state index contributed by atoms with van der Waals surface area (Å²) in [4.78, 5) is 24.5. The Morgan fingerprint density at radius 2 is 1.79 bits per heavy atom. The molecule has 0 saturated heterocycles. The molecule has 0 bridgehead atoms. The molecule has 0 aromatic rings. The lowest BCUT2D eigenvalue weighted by molar-refractivity contribution is -0.138. The average Bonchev–Trinajstić information content (AvgIpc) is 2.22. The van der Waals surface area contributed by atoms with Crippen LogP contribution in [0.15, 0.2) is 0 Å². The van der Waals surface area contributed by atoms with Crippen LogP contribution >= 0.6 is 0 Å². The third kappa shape index (κ3) is 6.42. The summed E-state index contributed by atoms with van der Waals surface area (Å²) in [6, 6.07) is -0.861. The normalized spacial score (nSPS) is 13.2. The number of nitrogens with one attached hydrogen (secondary N) is 1. The van der Waals surface area contributed by atoms with E-state index < -0.39 is 12.0 Å². The van der Waals surface area contributed by atoms with Crippen LogP contribution in [0.5, 0.6) is 0 Å². The van der Waals surface area contributed by atoms with Gasteiger partial charge in [-0.1, -0.05) is 20.8 Å². The zero-order valence-corrected chi connectivity index (χ0v) is 12.4. The van der Waals surface area contributed by atoms with Gasteiger partial charge >= 0.3 is 12.0 Å². The van der Waals surface area contributed by atoms with Gasteiger partial charge in [0.2, 0.25) is 0 Å². The van der Waals surface area contributed by atoms with E-state index in [0.717, 1.165) is 0 Å². The number of carboxylic acids is 1. The number of aliphatic hydroxyl groups excluding tert-OH is 1. The smallest absolute Gasteiger partial charge is 0.317 e. The molecule has 0 aliphatic rings. The van der Waals surface area contributed by atoms with Gasteiger partial charge in [0.05, 0.1) is 13.0 Å². The molecule has 0 aliphatic heterocycles. The van der Waals surface area contributed by atoms with E-state index in [1.165, 1.54) is 4.90 Å². The monoisotopic (exact) mass is 274 g/mol. The first-order valence-electron chi connectivity index (χ1n) is 6.49. The molecule has 0 aliphatic carbocycles. The van der Waals surface area contributed by atoms with Gasteiger partial charge in [-0.05, 0) is 19.3 Å². The molecule has 0 aromatic carbocycles. The largest absolute Gasteiger partial charge is 0.481 e. The van der Waals surface area contributed by atoms with Gasteiger partial charge in [0.25, 0.3) is 0 Å². The molecule has 1 unspecified atom stereocenters. The van der Waals surface area contributed by atoms with Crippen molar-refractivity contribution in [3.05, 3.63) is 0 Å². The van der Waals surface area contributed by atoms with Gasteiger partial charge in [-0.25, -0.2) is 4.79 Å². The predicted octanol–water partition coefficient (Wildman–Crippen LogP) is 1.29. The highest BCUT2D eigenvalue weighted by Gasteiger charge is 2.30. The van der Waals surface area contributed by atoms with E-state index in [2.05, 4.69) is 5.32 Å². The lowest BCUT2D eigenvalue weighted by Crippen LogP contribution is -2.52. The molecular weight excluding hydrogens is 248 g/mol. The summed E-state index contributed by atoms with van der Waals surface area (Å²) in [6.07, 6.45) is -0.125. The Kier molecular flexibility index (Phi) is 6.83. The first-order valence-corrected chi connectivity index (χ1v) is 6.49. The second-order valence-corrected chi connectivity index (χ2v) is 5.98. The number of aliphatic hydroxyl groups is 1. The van der Waals surface area contributed by atoms with E-state index in [9.17, 15) is 9.59 Å². The number of hydrogen-bond acceptors (Lipinski definition) is 3. The van der Waals surface area contributed by atoms with E-state index >= 15 is 0 Å². The Balaban J connectivity index is 4.82. The van der Waals surface area contributed by atoms with Gasteiger partial charge in [0, 0.05) is 18.6 Å². The van der Waals surface area contributed by atoms with Crippen LogP contribution in [0.4, 0.5) is 4.79 Å². The van der Waals surface area contributed by atoms with Gasteiger partial charge in [-0.2, -0.15) is 0 Å². The zero-order chi connectivity index (χ0) is 15.2. The van der Waals surface area contributed by atoms with Crippen molar-refractivity contribution in [3.63, 3.8) is 0 Å². The highest BCUT2D eigenvalue weighted by Crippen LogP contribution is 2.22. The molecule has 6 nitrogen and oxygen atoms in total. The summed E-state index contributed by atoms with van der Waals surface area (Å²) in [6.45, 7) is 9.45. The summed E-state index contributed by atoms with van der Waals surface area (Å²) in [5.74, 6) is -0.946. The Labute approximate surface area is 114 Å². The minimum Gasteiger partial charge on any atom is -0.481 e. The minimum absolute atomic E-state index is 0.0578. The Morgan fingerprint density at radius 1 is 1.26 bits per heavy atom. The van der Waals surface area contributed by atoms with Gasteiger partial charge in [0.1, 0.15) is 0 Å². The second-order valence-electron chi connectivity index (χ2n) is 5.98. The van der Waals surface area contributed by atoms with E-state index in [1.54, 1.807) is 0 Å². The van der Waals surface area contributed by atoms with Gasteiger partial charge < -0.3 is 20.4 Å². The van der Waals surface area contributed by atoms with Crippen molar-refractivity contribution in [2.24, 2.45) is 5.41 Å². The predicted molar refractivity (Wildman–Crippen MR) is 73.0 cm³/mol. The number of carboxylic acid groups (broad SMARTS) is 1. The third-order valence-electron chi connectivity index (χ3n) is 2.95. The molecule has 19 heavy (non-hydrogen) atoms. The molecule has 0 spiro atoms. The van der Waals surface area contributed by atoms with E-state index in [1.807, 2.05) is 34.6 Å². The summed E-state index contributed by atoms with van der Waals surface area (Å²) >= 11 is 0. The van der Waals surface area contributed by atoms with Crippen molar-refractivity contribution in [3.8, 4) is 0 Å². The van der Waals surface area contributed by atoms with Crippen LogP contribution < -0.4 is 5.32 Å². The van der Waals surface area contributed by atoms with Crippen molar-refractivity contribution < 1.29 is 19.8 Å². The van der Waals surface area contributed by atoms with Crippen LogP contribution in [-0.4, -0.2) is 52.3 Å². The molecule has 0 heterocycles. The molecule has 0 radical (unpaired) electrons. The highest BCUT2D eigenvalue weighted by molar-refractivity contribution is 5.76. The van der Waals surface area contributed by atoms with Crippen LogP contribution in [0.25, 0.3) is 0 Å². The molecule has 112 valence electrons. The SMILES string of the molecule is CC(C)N(CCO)C(=O)NC(CC(=O)O)C(C)(C)C. The van der Waals surface area contributed by atoms with E-state index in [0.29, 0.717) is 0 Å². The first-order chi connectivity index (χ1) is 8.59. The van der Waals surface area contributed by atoms with Crippen LogP contribution in [0.3, 0.4) is 0 Å². The molecular formula is C13H26N2O4. The quantitative estimate of drug-likeness (QED) is 0.680. The summed E-state index contributed by atoms with van der Waals surface area (Å²) in [7, 11) is 0.